The van der Waals surface area contributed by atoms with E-state index in [4.69, 9.17) is 4.84 Å². The molecule has 1 unspecified atom stereocenters. The van der Waals surface area contributed by atoms with E-state index in [0.29, 0.717) is 12.8 Å². The molecule has 0 aliphatic carbocycles. The van der Waals surface area contributed by atoms with Crippen molar-refractivity contribution in [1.82, 2.24) is 5.06 Å². The number of nitrogens with zero attached hydrogens (tertiary/aromatic N) is 1. The largest absolute Gasteiger partial charge is 0.272 e. The standard InChI is InChI=1S/C13H23NO3/c1-3-4-5-6-7-8-11(2)17-14-12(15)9-10-13(14)16/h11H,3-10H2,1-2H3. The molecule has 2 amide bonds. The Bertz CT molecular complexity index is 249. The Morgan fingerprint density at radius 1 is 1.12 bits per heavy atom. The van der Waals surface area contributed by atoms with Crippen LogP contribution in [0.5, 0.6) is 0 Å². The minimum absolute atomic E-state index is 0.0531. The molecule has 0 aromatic rings. The zero-order valence-corrected chi connectivity index (χ0v) is 10.9. The number of imide groups is 1. The molecule has 1 aliphatic heterocycles. The van der Waals surface area contributed by atoms with Crippen LogP contribution in [0.2, 0.25) is 0 Å². The Kier molecular flexibility index (Phi) is 6.19. The van der Waals surface area contributed by atoms with E-state index in [1.807, 2.05) is 6.92 Å². The van der Waals surface area contributed by atoms with Crippen LogP contribution in [-0.2, 0) is 14.4 Å². The zero-order valence-electron chi connectivity index (χ0n) is 10.9. The summed E-state index contributed by atoms with van der Waals surface area (Å²) in [6.07, 6.45) is 7.50. The van der Waals surface area contributed by atoms with Gasteiger partial charge in [0.05, 0.1) is 6.10 Å². The molecule has 0 radical (unpaired) electrons. The van der Waals surface area contributed by atoms with Crippen LogP contribution in [0.3, 0.4) is 0 Å². The third-order valence-electron chi connectivity index (χ3n) is 3.01. The molecular weight excluding hydrogens is 218 g/mol. The van der Waals surface area contributed by atoms with Crippen LogP contribution in [0, 0.1) is 0 Å². The van der Waals surface area contributed by atoms with E-state index in [2.05, 4.69) is 6.92 Å². The van der Waals surface area contributed by atoms with Gasteiger partial charge in [-0.25, -0.2) is 0 Å². The van der Waals surface area contributed by atoms with Gasteiger partial charge in [0.1, 0.15) is 0 Å². The quantitative estimate of drug-likeness (QED) is 0.485. The van der Waals surface area contributed by atoms with E-state index in [1.54, 1.807) is 0 Å². The number of rotatable bonds is 8. The van der Waals surface area contributed by atoms with Crippen molar-refractivity contribution in [3.8, 4) is 0 Å². The van der Waals surface area contributed by atoms with Gasteiger partial charge in [-0.15, -0.1) is 0 Å². The third-order valence-corrected chi connectivity index (χ3v) is 3.01. The van der Waals surface area contributed by atoms with Crippen LogP contribution in [0.1, 0.15) is 65.2 Å². The lowest BCUT2D eigenvalue weighted by Crippen LogP contribution is -2.32. The molecule has 4 heteroatoms. The zero-order chi connectivity index (χ0) is 12.7. The molecule has 0 spiro atoms. The molecule has 1 saturated heterocycles. The summed E-state index contributed by atoms with van der Waals surface area (Å²) in [4.78, 5) is 28.0. The van der Waals surface area contributed by atoms with E-state index in [0.717, 1.165) is 17.9 Å². The normalized spacial score (nSPS) is 17.9. The van der Waals surface area contributed by atoms with Crippen LogP contribution >= 0.6 is 0 Å². The number of carbonyl (C=O) groups is 2. The van der Waals surface area contributed by atoms with Crippen molar-refractivity contribution in [2.45, 2.75) is 71.3 Å². The van der Waals surface area contributed by atoms with Gasteiger partial charge in [-0.2, -0.15) is 5.06 Å². The Balaban J connectivity index is 2.14. The van der Waals surface area contributed by atoms with Gasteiger partial charge in [-0.3, -0.25) is 14.4 Å². The molecule has 1 heterocycles. The second kappa shape index (κ2) is 7.43. The molecule has 0 aromatic carbocycles. The summed E-state index contributed by atoms with van der Waals surface area (Å²) in [5.41, 5.74) is 0. The maximum absolute atomic E-state index is 11.3. The van der Waals surface area contributed by atoms with Crippen molar-refractivity contribution < 1.29 is 14.4 Å². The van der Waals surface area contributed by atoms with Crippen molar-refractivity contribution in [3.05, 3.63) is 0 Å². The van der Waals surface area contributed by atoms with Gasteiger partial charge in [0, 0.05) is 12.8 Å². The fourth-order valence-electron chi connectivity index (χ4n) is 1.94. The summed E-state index contributed by atoms with van der Waals surface area (Å²) in [6, 6.07) is 0. The van der Waals surface area contributed by atoms with Crippen molar-refractivity contribution in [2.24, 2.45) is 0 Å². The highest BCUT2D eigenvalue weighted by molar-refractivity contribution is 6.00. The minimum Gasteiger partial charge on any atom is -0.272 e. The molecule has 0 aromatic heterocycles. The SMILES string of the molecule is CCCCCCCC(C)ON1C(=O)CCC1=O. The van der Waals surface area contributed by atoms with Crippen LogP contribution < -0.4 is 0 Å². The topological polar surface area (TPSA) is 46.6 Å². The summed E-state index contributed by atoms with van der Waals surface area (Å²) < 4.78 is 0. The van der Waals surface area contributed by atoms with Crippen molar-refractivity contribution in [3.63, 3.8) is 0 Å². The second-order valence-electron chi connectivity index (χ2n) is 4.70. The van der Waals surface area contributed by atoms with E-state index in [1.165, 1.54) is 25.7 Å². The molecule has 98 valence electrons. The molecule has 17 heavy (non-hydrogen) atoms. The lowest BCUT2D eigenvalue weighted by atomic mass is 10.1. The number of carbonyl (C=O) groups excluding carboxylic acids is 2. The highest BCUT2D eigenvalue weighted by Gasteiger charge is 2.31. The molecule has 0 saturated carbocycles. The van der Waals surface area contributed by atoms with Crippen LogP contribution in [-0.4, -0.2) is 23.0 Å². The van der Waals surface area contributed by atoms with Crippen molar-refractivity contribution in [2.75, 3.05) is 0 Å². The van der Waals surface area contributed by atoms with Crippen molar-refractivity contribution >= 4 is 11.8 Å². The molecule has 4 nitrogen and oxygen atoms in total. The van der Waals surface area contributed by atoms with Crippen LogP contribution in [0.25, 0.3) is 0 Å². The molecule has 1 aliphatic rings. The Morgan fingerprint density at radius 2 is 1.71 bits per heavy atom. The highest BCUT2D eigenvalue weighted by atomic mass is 16.7. The van der Waals surface area contributed by atoms with Gasteiger partial charge in [0.25, 0.3) is 11.8 Å². The molecule has 1 atom stereocenters. The summed E-state index contributed by atoms with van der Waals surface area (Å²) in [5.74, 6) is -0.402. The highest BCUT2D eigenvalue weighted by Crippen LogP contribution is 2.16. The van der Waals surface area contributed by atoms with E-state index in [-0.39, 0.29) is 17.9 Å². The number of hydrogen-bond donors (Lipinski definition) is 0. The maximum Gasteiger partial charge on any atom is 0.254 e. The Labute approximate surface area is 103 Å². The molecular formula is C13H23NO3. The second-order valence-corrected chi connectivity index (χ2v) is 4.70. The molecule has 1 rings (SSSR count). The first-order chi connectivity index (χ1) is 8.15. The molecule has 1 fully saturated rings. The number of hydrogen-bond acceptors (Lipinski definition) is 3. The number of hydroxylamine groups is 2. The first-order valence-electron chi connectivity index (χ1n) is 6.67. The van der Waals surface area contributed by atoms with Gasteiger partial charge < -0.3 is 0 Å². The smallest absolute Gasteiger partial charge is 0.254 e. The fraction of sp³-hybridized carbons (Fsp3) is 0.846. The predicted molar refractivity (Wildman–Crippen MR) is 65.0 cm³/mol. The Hall–Kier alpha value is -0.900. The number of unbranched alkanes of at least 4 members (excludes halogenated alkanes) is 4. The molecule has 0 N–H and O–H groups in total. The Morgan fingerprint density at radius 3 is 2.29 bits per heavy atom. The minimum atomic E-state index is -0.201. The van der Waals surface area contributed by atoms with Gasteiger partial charge in [-0.05, 0) is 13.3 Å². The summed E-state index contributed by atoms with van der Waals surface area (Å²) in [7, 11) is 0. The summed E-state index contributed by atoms with van der Waals surface area (Å²) >= 11 is 0. The first-order valence-corrected chi connectivity index (χ1v) is 6.67. The monoisotopic (exact) mass is 241 g/mol. The van der Waals surface area contributed by atoms with Crippen molar-refractivity contribution in [1.29, 1.82) is 0 Å². The van der Waals surface area contributed by atoms with E-state index in [9.17, 15) is 9.59 Å². The fourth-order valence-corrected chi connectivity index (χ4v) is 1.94. The lowest BCUT2D eigenvalue weighted by molar-refractivity contribution is -0.201. The van der Waals surface area contributed by atoms with Crippen LogP contribution in [0.15, 0.2) is 0 Å². The maximum atomic E-state index is 11.3. The number of amides is 2. The van der Waals surface area contributed by atoms with Gasteiger partial charge in [0.15, 0.2) is 0 Å². The molecule has 0 bridgehead atoms. The van der Waals surface area contributed by atoms with Crippen LogP contribution in [0.4, 0.5) is 0 Å². The van der Waals surface area contributed by atoms with Gasteiger partial charge >= 0.3 is 0 Å². The van der Waals surface area contributed by atoms with E-state index < -0.39 is 0 Å². The average molecular weight is 241 g/mol. The van der Waals surface area contributed by atoms with E-state index >= 15 is 0 Å². The average Bonchev–Trinajstić information content (AvgIpc) is 2.60. The van der Waals surface area contributed by atoms with Gasteiger partial charge in [0.2, 0.25) is 0 Å². The lowest BCUT2D eigenvalue weighted by Gasteiger charge is -2.19. The first kappa shape index (κ1) is 14.2. The third kappa shape index (κ3) is 4.86. The summed E-state index contributed by atoms with van der Waals surface area (Å²) in [6.45, 7) is 4.11. The summed E-state index contributed by atoms with van der Waals surface area (Å²) in [5, 5.41) is 0.955. The predicted octanol–water partition coefficient (Wildman–Crippen LogP) is 2.82. The van der Waals surface area contributed by atoms with Gasteiger partial charge in [-0.1, -0.05) is 39.0 Å².